The Labute approximate surface area is 334 Å². The van der Waals surface area contributed by atoms with Crippen LogP contribution in [0.3, 0.4) is 0 Å². The van der Waals surface area contributed by atoms with Gasteiger partial charge in [0.15, 0.2) is 0 Å². The molecule has 0 bridgehead atoms. The Hall–Kier alpha value is -4.80. The molecule has 55 heavy (non-hydrogen) atoms. The highest BCUT2D eigenvalue weighted by molar-refractivity contribution is 6.35. The standard InChI is InChI=1S/C43H41Cl3N6O3/c1-26(32-13-11-29(44)22-34(32)46)52-25-47-40(28-7-3-2-4-8-28)42(52)39-33-14-12-30(45)23-35(33)48-41(39)43(55)49-36-21-27(24-53)10-15-37(36)50-19-16-31(17-20-50)51-18-6-5-9-38(51)54/h2-4,7-8,10-15,21-23,25-26,31,48,53H,5-6,9,16-20,24H2,1H3,(H,49,55)/t26-/m0/s1. The molecule has 6 aromatic rings. The number of benzene rings is 4. The molecule has 1 atom stereocenters. The summed E-state index contributed by atoms with van der Waals surface area (Å²) in [5.74, 6) is -0.112. The first-order chi connectivity index (χ1) is 26.7. The number of fused-ring (bicyclic) bond motifs is 1. The lowest BCUT2D eigenvalue weighted by atomic mass is 9.98. The number of aliphatic hydroxyl groups excluding tert-OH is 1. The third-order valence-corrected chi connectivity index (χ3v) is 11.8. The molecule has 0 unspecified atom stereocenters. The fourth-order valence-electron chi connectivity index (χ4n) is 8.16. The first-order valence-electron chi connectivity index (χ1n) is 18.7. The summed E-state index contributed by atoms with van der Waals surface area (Å²) < 4.78 is 2.04. The molecule has 12 heteroatoms. The minimum absolute atomic E-state index is 0.177. The van der Waals surface area contributed by atoms with Crippen molar-refractivity contribution >= 4 is 68.9 Å². The van der Waals surface area contributed by atoms with Crippen LogP contribution >= 0.6 is 34.8 Å². The molecule has 9 nitrogen and oxygen atoms in total. The number of carbonyl (C=O) groups excluding carboxylic acids is 2. The number of hydrogen-bond donors (Lipinski definition) is 3. The van der Waals surface area contributed by atoms with Gasteiger partial charge in [-0.2, -0.15) is 0 Å². The van der Waals surface area contributed by atoms with Gasteiger partial charge in [-0.05, 0) is 80.1 Å². The van der Waals surface area contributed by atoms with E-state index in [-0.39, 0.29) is 30.5 Å². The van der Waals surface area contributed by atoms with Crippen molar-refractivity contribution in [3.8, 4) is 22.5 Å². The Morgan fingerprint density at radius 3 is 2.45 bits per heavy atom. The summed E-state index contributed by atoms with van der Waals surface area (Å²) in [6.07, 6.45) is 6.11. The number of H-pyrrole nitrogens is 1. The number of aromatic nitrogens is 3. The number of nitrogens with one attached hydrogen (secondary N) is 2. The van der Waals surface area contributed by atoms with E-state index in [2.05, 4.69) is 20.1 Å². The Bertz CT molecular complexity index is 2380. The maximum Gasteiger partial charge on any atom is 0.272 e. The van der Waals surface area contributed by atoms with Crippen LogP contribution in [0.4, 0.5) is 11.4 Å². The van der Waals surface area contributed by atoms with Crippen LogP contribution in [0, 0.1) is 0 Å². The SMILES string of the molecule is C[C@@H](c1ccc(Cl)cc1Cl)n1cnc(-c2ccccc2)c1-c1c(C(=O)Nc2cc(CO)ccc2N2CCC(N3CCCCC3=O)CC2)[nH]c2cc(Cl)ccc12. The molecule has 2 aliphatic heterocycles. The van der Waals surface area contributed by atoms with Gasteiger partial charge in [-0.1, -0.05) is 83.3 Å². The smallest absolute Gasteiger partial charge is 0.272 e. The second kappa shape index (κ2) is 15.7. The monoisotopic (exact) mass is 794 g/mol. The summed E-state index contributed by atoms with van der Waals surface area (Å²) in [5, 5.41) is 15.8. The van der Waals surface area contributed by atoms with E-state index >= 15 is 0 Å². The van der Waals surface area contributed by atoms with E-state index in [0.29, 0.717) is 55.2 Å². The number of hydrogen-bond acceptors (Lipinski definition) is 5. The average Bonchev–Trinajstić information content (AvgIpc) is 3.80. The molecule has 3 N–H and O–H groups in total. The molecule has 0 radical (unpaired) electrons. The molecule has 4 heterocycles. The van der Waals surface area contributed by atoms with Crippen molar-refractivity contribution in [2.75, 3.05) is 29.9 Å². The van der Waals surface area contributed by atoms with Crippen molar-refractivity contribution in [2.24, 2.45) is 0 Å². The first-order valence-corrected chi connectivity index (χ1v) is 19.8. The molecule has 2 fully saturated rings. The fourth-order valence-corrected chi connectivity index (χ4v) is 8.90. The number of likely N-dealkylation sites (tertiary alicyclic amines) is 1. The number of amides is 2. The van der Waals surface area contributed by atoms with E-state index < -0.39 is 0 Å². The second-order valence-electron chi connectivity index (χ2n) is 14.3. The molecule has 4 aromatic carbocycles. The van der Waals surface area contributed by atoms with Crippen LogP contribution < -0.4 is 10.2 Å². The van der Waals surface area contributed by atoms with Gasteiger partial charge in [0.25, 0.3) is 5.91 Å². The van der Waals surface area contributed by atoms with Gasteiger partial charge in [-0.15, -0.1) is 0 Å². The molecule has 2 amide bonds. The van der Waals surface area contributed by atoms with E-state index in [1.165, 1.54) is 0 Å². The van der Waals surface area contributed by atoms with Crippen molar-refractivity contribution in [1.29, 1.82) is 0 Å². The molecular weight excluding hydrogens is 755 g/mol. The van der Waals surface area contributed by atoms with Gasteiger partial charge in [-0.3, -0.25) is 9.59 Å². The van der Waals surface area contributed by atoms with E-state index in [0.717, 1.165) is 73.2 Å². The van der Waals surface area contributed by atoms with Crippen molar-refractivity contribution in [2.45, 2.75) is 57.7 Å². The van der Waals surface area contributed by atoms with Gasteiger partial charge in [0.05, 0.1) is 41.7 Å². The number of imidazole rings is 1. The number of aliphatic hydroxyl groups is 1. The van der Waals surface area contributed by atoms with Gasteiger partial charge >= 0.3 is 0 Å². The number of halogens is 3. The third-order valence-electron chi connectivity index (χ3n) is 11.0. The Kier molecular flexibility index (Phi) is 10.6. The van der Waals surface area contributed by atoms with Gasteiger partial charge in [0, 0.05) is 69.2 Å². The minimum Gasteiger partial charge on any atom is -0.392 e. The number of aromatic amines is 1. The molecule has 2 aliphatic rings. The lowest BCUT2D eigenvalue weighted by Crippen LogP contribution is -2.49. The molecule has 0 aliphatic carbocycles. The molecule has 8 rings (SSSR count). The summed E-state index contributed by atoms with van der Waals surface area (Å²) in [5.41, 5.74) is 6.94. The number of carbonyl (C=O) groups is 2. The zero-order valence-electron chi connectivity index (χ0n) is 30.4. The highest BCUT2D eigenvalue weighted by Gasteiger charge is 2.32. The summed E-state index contributed by atoms with van der Waals surface area (Å²) in [6.45, 7) is 4.15. The molecule has 2 saturated heterocycles. The van der Waals surface area contributed by atoms with Crippen LogP contribution in [0.2, 0.25) is 15.1 Å². The zero-order chi connectivity index (χ0) is 38.2. The number of piperidine rings is 2. The highest BCUT2D eigenvalue weighted by atomic mass is 35.5. The Balaban J connectivity index is 1.21. The maximum absolute atomic E-state index is 14.8. The summed E-state index contributed by atoms with van der Waals surface area (Å²) in [6, 6.07) is 26.5. The van der Waals surface area contributed by atoms with Crippen LogP contribution in [-0.4, -0.2) is 62.0 Å². The quantitative estimate of drug-likeness (QED) is 0.135. The van der Waals surface area contributed by atoms with Crippen LogP contribution in [-0.2, 0) is 11.4 Å². The number of rotatable bonds is 9. The molecule has 0 saturated carbocycles. The third kappa shape index (κ3) is 7.34. The predicted molar refractivity (Wildman–Crippen MR) is 221 cm³/mol. The summed E-state index contributed by atoms with van der Waals surface area (Å²) in [4.78, 5) is 40.2. The molecule has 2 aromatic heterocycles. The Morgan fingerprint density at radius 2 is 1.71 bits per heavy atom. The molecular formula is C43H41Cl3N6O3. The highest BCUT2D eigenvalue weighted by Crippen LogP contribution is 2.43. The van der Waals surface area contributed by atoms with Crippen LogP contribution in [0.15, 0.2) is 91.3 Å². The normalized spacial score (nSPS) is 15.8. The first kappa shape index (κ1) is 37.1. The van der Waals surface area contributed by atoms with Crippen LogP contribution in [0.1, 0.15) is 66.7 Å². The predicted octanol–water partition coefficient (Wildman–Crippen LogP) is 9.99. The van der Waals surface area contributed by atoms with Crippen molar-refractivity contribution in [3.05, 3.63) is 123 Å². The van der Waals surface area contributed by atoms with E-state index in [4.69, 9.17) is 39.8 Å². The lowest BCUT2D eigenvalue weighted by molar-refractivity contribution is -0.136. The van der Waals surface area contributed by atoms with Crippen LogP contribution in [0.5, 0.6) is 0 Å². The van der Waals surface area contributed by atoms with E-state index in [1.807, 2.05) is 90.4 Å². The molecule has 0 spiro atoms. The van der Waals surface area contributed by atoms with Gasteiger partial charge in [-0.25, -0.2) is 4.98 Å². The maximum atomic E-state index is 14.8. The largest absolute Gasteiger partial charge is 0.392 e. The lowest BCUT2D eigenvalue weighted by Gasteiger charge is -2.41. The van der Waals surface area contributed by atoms with Crippen molar-refractivity contribution in [1.82, 2.24) is 19.4 Å². The van der Waals surface area contributed by atoms with Gasteiger partial charge < -0.3 is 29.8 Å². The minimum atomic E-state index is -0.364. The van der Waals surface area contributed by atoms with Crippen LogP contribution in [0.25, 0.3) is 33.4 Å². The number of nitrogens with zero attached hydrogens (tertiary/aromatic N) is 4. The van der Waals surface area contributed by atoms with Gasteiger partial charge in [0.1, 0.15) is 5.69 Å². The van der Waals surface area contributed by atoms with E-state index in [1.54, 1.807) is 12.4 Å². The summed E-state index contributed by atoms with van der Waals surface area (Å²) in [7, 11) is 0. The number of anilines is 2. The summed E-state index contributed by atoms with van der Waals surface area (Å²) >= 11 is 19.6. The second-order valence-corrected chi connectivity index (χ2v) is 15.6. The Morgan fingerprint density at radius 1 is 0.945 bits per heavy atom. The fraction of sp³-hybridized carbons (Fsp3) is 0.279. The van der Waals surface area contributed by atoms with E-state index in [9.17, 15) is 14.7 Å². The van der Waals surface area contributed by atoms with Crippen molar-refractivity contribution in [3.63, 3.8) is 0 Å². The topological polar surface area (TPSA) is 106 Å². The zero-order valence-corrected chi connectivity index (χ0v) is 32.6. The average molecular weight is 796 g/mol. The van der Waals surface area contributed by atoms with Gasteiger partial charge in [0.2, 0.25) is 5.91 Å². The van der Waals surface area contributed by atoms with Crippen molar-refractivity contribution < 1.29 is 14.7 Å². The molecule has 282 valence electrons.